The van der Waals surface area contributed by atoms with Crippen LogP contribution in [0.2, 0.25) is 0 Å². The van der Waals surface area contributed by atoms with Crippen molar-refractivity contribution in [1.29, 1.82) is 0 Å². The van der Waals surface area contributed by atoms with Crippen molar-refractivity contribution >= 4 is 11.9 Å². The van der Waals surface area contributed by atoms with E-state index < -0.39 is 11.9 Å². The molecular weight excluding hydrogens is 448 g/mol. The Labute approximate surface area is 224 Å². The largest absolute Gasteiger partial charge is 0.481 e. The highest BCUT2D eigenvalue weighted by Gasteiger charge is 2.21. The van der Waals surface area contributed by atoms with Gasteiger partial charge in [0.2, 0.25) is 0 Å². The second-order valence-electron chi connectivity index (χ2n) is 10.7. The minimum atomic E-state index is -0.879. The van der Waals surface area contributed by atoms with Crippen molar-refractivity contribution in [3.63, 3.8) is 0 Å². The van der Waals surface area contributed by atoms with Gasteiger partial charge in [0.1, 0.15) is 0 Å². The number of hydrogen-bond donors (Lipinski definition) is 1. The second kappa shape index (κ2) is 28.3. The van der Waals surface area contributed by atoms with Gasteiger partial charge in [-0.3, -0.25) is 9.59 Å². The summed E-state index contributed by atoms with van der Waals surface area (Å²) in [5.74, 6) is -1.86. The molecule has 1 N–H and O–H groups in total. The highest BCUT2D eigenvalue weighted by atomic mass is 16.5. The lowest BCUT2D eigenvalue weighted by molar-refractivity contribution is -0.151. The van der Waals surface area contributed by atoms with Gasteiger partial charge in [-0.1, -0.05) is 135 Å². The summed E-state index contributed by atoms with van der Waals surface area (Å²) in [6.07, 6.45) is 33.6. The first kappa shape index (κ1) is 34.7. The van der Waals surface area contributed by atoms with E-state index in [1.165, 1.54) is 116 Å². The van der Waals surface area contributed by atoms with Crippen LogP contribution in [0, 0.1) is 5.92 Å². The summed E-state index contributed by atoms with van der Waals surface area (Å²) >= 11 is 0. The molecule has 0 spiro atoms. The molecule has 212 valence electrons. The molecule has 0 aliphatic carbocycles. The fraction of sp³-hybridized carbons (Fsp3) is 0.875. The molecule has 0 aromatic heterocycles. The number of carboxylic acids is 1. The first-order chi connectivity index (χ1) is 17.6. The lowest BCUT2D eigenvalue weighted by Gasteiger charge is -2.11. The normalized spacial score (nSPS) is 12.3. The van der Waals surface area contributed by atoms with Crippen molar-refractivity contribution in [2.45, 2.75) is 168 Å². The third-order valence-corrected chi connectivity index (χ3v) is 7.04. The van der Waals surface area contributed by atoms with Crippen molar-refractivity contribution in [2.75, 3.05) is 6.61 Å². The summed E-state index contributed by atoms with van der Waals surface area (Å²) in [4.78, 5) is 23.0. The maximum atomic E-state index is 11.7. The number of carbonyl (C=O) groups is 2. The Morgan fingerprint density at radius 2 is 1.03 bits per heavy atom. The molecule has 0 amide bonds. The predicted molar refractivity (Wildman–Crippen MR) is 153 cm³/mol. The van der Waals surface area contributed by atoms with Gasteiger partial charge >= 0.3 is 11.9 Å². The number of aliphatic carboxylic acids is 1. The van der Waals surface area contributed by atoms with Crippen molar-refractivity contribution < 1.29 is 19.4 Å². The van der Waals surface area contributed by atoms with Gasteiger partial charge in [-0.2, -0.15) is 0 Å². The number of rotatable bonds is 28. The molecule has 0 saturated heterocycles. The Morgan fingerprint density at radius 1 is 0.611 bits per heavy atom. The highest BCUT2D eigenvalue weighted by Crippen LogP contribution is 2.17. The number of ether oxygens (including phenoxy) is 1. The van der Waals surface area contributed by atoms with Crippen LogP contribution in [0.25, 0.3) is 0 Å². The van der Waals surface area contributed by atoms with Crippen molar-refractivity contribution in [3.8, 4) is 0 Å². The van der Waals surface area contributed by atoms with Crippen LogP contribution in [0.5, 0.6) is 0 Å². The van der Waals surface area contributed by atoms with Gasteiger partial charge in [0, 0.05) is 0 Å². The Kier molecular flexibility index (Phi) is 27.2. The van der Waals surface area contributed by atoms with Crippen molar-refractivity contribution in [3.05, 3.63) is 12.2 Å². The number of hydrogen-bond acceptors (Lipinski definition) is 3. The predicted octanol–water partition coefficient (Wildman–Crippen LogP) is 10.2. The topological polar surface area (TPSA) is 63.6 Å². The van der Waals surface area contributed by atoms with E-state index in [-0.39, 0.29) is 12.4 Å². The van der Waals surface area contributed by atoms with Crippen LogP contribution in [-0.2, 0) is 14.3 Å². The standard InChI is InChI=1S/C32H60O4/c1-3-5-6-7-8-9-10-11-12-13-14-15-16-17-18-19-20-21-22-23-24-25-26-27-30(32(34)35)29-31(33)36-28-4-2/h17-18,30H,3-16,19-29H2,1-2H3,(H,34,35)/b18-17+. The zero-order valence-electron chi connectivity index (χ0n) is 24.1. The first-order valence-corrected chi connectivity index (χ1v) is 15.6. The van der Waals surface area contributed by atoms with Gasteiger partial charge in [0.05, 0.1) is 18.9 Å². The number of carbonyl (C=O) groups excluding carboxylic acids is 1. The molecule has 0 aromatic rings. The van der Waals surface area contributed by atoms with E-state index in [4.69, 9.17) is 4.74 Å². The maximum absolute atomic E-state index is 11.7. The van der Waals surface area contributed by atoms with Crippen LogP contribution in [0.3, 0.4) is 0 Å². The summed E-state index contributed by atoms with van der Waals surface area (Å²) in [7, 11) is 0. The van der Waals surface area contributed by atoms with E-state index >= 15 is 0 Å². The lowest BCUT2D eigenvalue weighted by Crippen LogP contribution is -2.19. The summed E-state index contributed by atoms with van der Waals surface area (Å²) in [5.41, 5.74) is 0. The molecule has 0 aromatic carbocycles. The Hall–Kier alpha value is -1.32. The van der Waals surface area contributed by atoms with Gasteiger partial charge in [-0.25, -0.2) is 0 Å². The molecule has 36 heavy (non-hydrogen) atoms. The zero-order valence-corrected chi connectivity index (χ0v) is 24.1. The number of carboxylic acid groups (broad SMARTS) is 1. The van der Waals surface area contributed by atoms with Gasteiger partial charge < -0.3 is 9.84 Å². The smallest absolute Gasteiger partial charge is 0.307 e. The fourth-order valence-electron chi connectivity index (χ4n) is 4.66. The van der Waals surface area contributed by atoms with Crippen LogP contribution in [-0.4, -0.2) is 23.7 Å². The maximum Gasteiger partial charge on any atom is 0.307 e. The van der Waals surface area contributed by atoms with E-state index in [2.05, 4.69) is 19.1 Å². The molecule has 0 bridgehead atoms. The SMILES string of the molecule is CCCCCCCCCCCCCC/C=C/CCCCCCCCCC(CC(=O)OCCC)C(=O)O. The Bertz CT molecular complexity index is 514. The van der Waals surface area contributed by atoms with Gasteiger partial charge in [-0.15, -0.1) is 0 Å². The minimum absolute atomic E-state index is 0.00214. The van der Waals surface area contributed by atoms with Crippen LogP contribution < -0.4 is 0 Å². The average Bonchev–Trinajstić information content (AvgIpc) is 2.87. The third kappa shape index (κ3) is 25.8. The minimum Gasteiger partial charge on any atom is -0.481 e. The molecule has 0 aliphatic rings. The molecule has 0 radical (unpaired) electrons. The quantitative estimate of drug-likeness (QED) is 0.0648. The molecule has 0 fully saturated rings. The van der Waals surface area contributed by atoms with Crippen molar-refractivity contribution in [2.24, 2.45) is 5.92 Å². The van der Waals surface area contributed by atoms with Gasteiger partial charge in [0.25, 0.3) is 0 Å². The fourth-order valence-corrected chi connectivity index (χ4v) is 4.66. The van der Waals surface area contributed by atoms with Crippen LogP contribution in [0.15, 0.2) is 12.2 Å². The van der Waals surface area contributed by atoms with Crippen LogP contribution in [0.4, 0.5) is 0 Å². The molecular formula is C32H60O4. The van der Waals surface area contributed by atoms with E-state index in [1.54, 1.807) is 0 Å². The second-order valence-corrected chi connectivity index (χ2v) is 10.7. The van der Waals surface area contributed by atoms with E-state index in [9.17, 15) is 14.7 Å². The molecule has 0 saturated carbocycles. The molecule has 0 heterocycles. The van der Waals surface area contributed by atoms with Crippen LogP contribution >= 0.6 is 0 Å². The molecule has 1 atom stereocenters. The summed E-state index contributed by atoms with van der Waals surface area (Å²) in [6.45, 7) is 4.59. The molecule has 1 unspecified atom stereocenters. The molecule has 4 heteroatoms. The summed E-state index contributed by atoms with van der Waals surface area (Å²) in [5, 5.41) is 9.31. The van der Waals surface area contributed by atoms with E-state index in [0.29, 0.717) is 13.0 Å². The molecule has 0 rings (SSSR count). The summed E-state index contributed by atoms with van der Waals surface area (Å²) in [6, 6.07) is 0. The van der Waals surface area contributed by atoms with Crippen molar-refractivity contribution in [1.82, 2.24) is 0 Å². The molecule has 4 nitrogen and oxygen atoms in total. The lowest BCUT2D eigenvalue weighted by atomic mass is 9.97. The average molecular weight is 509 g/mol. The Balaban J connectivity index is 3.38. The number of esters is 1. The number of allylic oxidation sites excluding steroid dienone is 2. The first-order valence-electron chi connectivity index (χ1n) is 15.6. The molecule has 0 aliphatic heterocycles. The van der Waals surface area contributed by atoms with Gasteiger partial charge in [-0.05, 0) is 38.5 Å². The zero-order chi connectivity index (χ0) is 26.5. The Morgan fingerprint density at radius 3 is 1.44 bits per heavy atom. The highest BCUT2D eigenvalue weighted by molar-refractivity contribution is 5.78. The third-order valence-electron chi connectivity index (χ3n) is 7.04. The van der Waals surface area contributed by atoms with Gasteiger partial charge in [0.15, 0.2) is 0 Å². The summed E-state index contributed by atoms with van der Waals surface area (Å²) < 4.78 is 5.02. The number of unbranched alkanes of at least 4 members (excludes halogenated alkanes) is 19. The van der Waals surface area contributed by atoms with E-state index in [0.717, 1.165) is 25.7 Å². The van der Waals surface area contributed by atoms with Crippen LogP contribution in [0.1, 0.15) is 168 Å². The monoisotopic (exact) mass is 508 g/mol. The van der Waals surface area contributed by atoms with E-state index in [1.807, 2.05) is 6.92 Å².